The van der Waals surface area contributed by atoms with Gasteiger partial charge in [-0.3, -0.25) is 4.90 Å². The van der Waals surface area contributed by atoms with E-state index in [4.69, 9.17) is 4.74 Å². The number of morpholine rings is 1. The molecule has 3 heteroatoms. The van der Waals surface area contributed by atoms with E-state index in [0.29, 0.717) is 6.04 Å². The number of hydrogen-bond acceptors (Lipinski definition) is 3. The molecule has 0 aromatic carbocycles. The van der Waals surface area contributed by atoms with Crippen LogP contribution in [0.3, 0.4) is 0 Å². The molecule has 1 atom stereocenters. The minimum atomic E-state index is 0.0327. The van der Waals surface area contributed by atoms with Gasteiger partial charge in [0.2, 0.25) is 0 Å². The Bertz CT molecular complexity index is 219. The molecule has 0 spiro atoms. The van der Waals surface area contributed by atoms with Gasteiger partial charge in [-0.05, 0) is 27.2 Å². The highest BCUT2D eigenvalue weighted by Crippen LogP contribution is 2.15. The number of nitrogens with zero attached hydrogens (tertiary/aromatic N) is 1. The largest absolute Gasteiger partial charge is 0.373 e. The molecule has 1 aliphatic heterocycles. The van der Waals surface area contributed by atoms with Crippen molar-refractivity contribution in [3.8, 4) is 0 Å². The van der Waals surface area contributed by atoms with Crippen molar-refractivity contribution in [1.29, 1.82) is 0 Å². The highest BCUT2D eigenvalue weighted by Gasteiger charge is 2.26. The zero-order valence-electron chi connectivity index (χ0n) is 12.8. The van der Waals surface area contributed by atoms with Crippen molar-refractivity contribution >= 4 is 0 Å². The van der Waals surface area contributed by atoms with Gasteiger partial charge in [-0.2, -0.15) is 0 Å². The van der Waals surface area contributed by atoms with E-state index in [1.807, 2.05) is 0 Å². The average molecular weight is 256 g/mol. The van der Waals surface area contributed by atoms with Crippen LogP contribution in [-0.2, 0) is 4.74 Å². The van der Waals surface area contributed by atoms with Crippen molar-refractivity contribution in [2.24, 2.45) is 0 Å². The molecule has 0 amide bonds. The van der Waals surface area contributed by atoms with Gasteiger partial charge < -0.3 is 10.1 Å². The van der Waals surface area contributed by atoms with Crippen LogP contribution in [0.2, 0.25) is 0 Å². The van der Waals surface area contributed by atoms with Crippen LogP contribution in [0, 0.1) is 0 Å². The molecule has 0 bridgehead atoms. The van der Waals surface area contributed by atoms with Crippen LogP contribution < -0.4 is 5.32 Å². The van der Waals surface area contributed by atoms with E-state index < -0.39 is 0 Å². The molecule has 1 fully saturated rings. The predicted molar refractivity (Wildman–Crippen MR) is 78.1 cm³/mol. The molecule has 0 aliphatic carbocycles. The predicted octanol–water partition coefficient (Wildman–Crippen LogP) is 2.66. The van der Waals surface area contributed by atoms with Crippen LogP contribution in [0.25, 0.3) is 0 Å². The second kappa shape index (κ2) is 8.13. The Hall–Kier alpha value is -0.120. The molecule has 0 aromatic rings. The second-order valence-corrected chi connectivity index (χ2v) is 6.24. The Labute approximate surface area is 113 Å². The van der Waals surface area contributed by atoms with Crippen LogP contribution in [0.15, 0.2) is 0 Å². The highest BCUT2D eigenvalue weighted by atomic mass is 16.5. The lowest BCUT2D eigenvalue weighted by Crippen LogP contribution is -2.50. The third-order valence-electron chi connectivity index (χ3n) is 3.67. The summed E-state index contributed by atoms with van der Waals surface area (Å²) < 4.78 is 5.73. The van der Waals surface area contributed by atoms with Crippen molar-refractivity contribution in [3.63, 3.8) is 0 Å². The normalized spacial score (nSPS) is 22.0. The van der Waals surface area contributed by atoms with Gasteiger partial charge in [-0.1, -0.05) is 26.2 Å². The van der Waals surface area contributed by atoms with Crippen LogP contribution in [0.4, 0.5) is 0 Å². The smallest absolute Gasteiger partial charge is 0.0753 e. The third kappa shape index (κ3) is 6.72. The maximum atomic E-state index is 5.73. The Morgan fingerprint density at radius 2 is 2.11 bits per heavy atom. The van der Waals surface area contributed by atoms with Gasteiger partial charge in [-0.15, -0.1) is 0 Å². The number of nitrogens with one attached hydrogen (secondary N) is 1. The number of rotatable bonds is 8. The Kier molecular flexibility index (Phi) is 7.20. The number of hydrogen-bond donors (Lipinski definition) is 1. The van der Waals surface area contributed by atoms with E-state index in [2.05, 4.69) is 37.9 Å². The molecule has 0 radical (unpaired) electrons. The molecule has 1 aliphatic rings. The lowest BCUT2D eigenvalue weighted by Gasteiger charge is -2.38. The molecule has 0 saturated carbocycles. The summed E-state index contributed by atoms with van der Waals surface area (Å²) in [7, 11) is 0. The summed E-state index contributed by atoms with van der Waals surface area (Å²) in [5.41, 5.74) is 0.0327. The fourth-order valence-corrected chi connectivity index (χ4v) is 2.58. The quantitative estimate of drug-likeness (QED) is 0.676. The molecular formula is C15H32N2O. The topological polar surface area (TPSA) is 24.5 Å². The molecule has 1 rings (SSSR count). The SMILES string of the molecule is CCCCCC(C)NCCN1CCOC(C)(C)C1. The molecule has 18 heavy (non-hydrogen) atoms. The van der Waals surface area contributed by atoms with Crippen molar-refractivity contribution in [2.45, 2.75) is 65.0 Å². The van der Waals surface area contributed by atoms with Gasteiger partial charge in [0.15, 0.2) is 0 Å². The Morgan fingerprint density at radius 3 is 2.78 bits per heavy atom. The first kappa shape index (κ1) is 15.9. The molecule has 1 N–H and O–H groups in total. The molecule has 1 saturated heterocycles. The fraction of sp³-hybridized carbons (Fsp3) is 1.00. The van der Waals surface area contributed by atoms with Crippen molar-refractivity contribution < 1.29 is 4.74 Å². The van der Waals surface area contributed by atoms with Gasteiger partial charge in [0, 0.05) is 32.2 Å². The van der Waals surface area contributed by atoms with Crippen LogP contribution in [0.5, 0.6) is 0 Å². The van der Waals surface area contributed by atoms with Gasteiger partial charge in [0.25, 0.3) is 0 Å². The molecular weight excluding hydrogens is 224 g/mol. The van der Waals surface area contributed by atoms with Gasteiger partial charge >= 0.3 is 0 Å². The first-order valence-electron chi connectivity index (χ1n) is 7.63. The van der Waals surface area contributed by atoms with E-state index in [1.54, 1.807) is 0 Å². The zero-order valence-corrected chi connectivity index (χ0v) is 12.8. The minimum absolute atomic E-state index is 0.0327. The summed E-state index contributed by atoms with van der Waals surface area (Å²) in [5.74, 6) is 0. The zero-order chi connectivity index (χ0) is 13.4. The summed E-state index contributed by atoms with van der Waals surface area (Å²) in [5, 5.41) is 3.63. The summed E-state index contributed by atoms with van der Waals surface area (Å²) in [6, 6.07) is 0.658. The Balaban J connectivity index is 2.06. The summed E-state index contributed by atoms with van der Waals surface area (Å²) in [6.45, 7) is 14.2. The summed E-state index contributed by atoms with van der Waals surface area (Å²) in [4.78, 5) is 2.51. The van der Waals surface area contributed by atoms with Gasteiger partial charge in [-0.25, -0.2) is 0 Å². The van der Waals surface area contributed by atoms with Crippen LogP contribution >= 0.6 is 0 Å². The molecule has 3 nitrogen and oxygen atoms in total. The molecule has 108 valence electrons. The van der Waals surface area contributed by atoms with E-state index in [-0.39, 0.29) is 5.60 Å². The lowest BCUT2D eigenvalue weighted by atomic mass is 10.1. The first-order valence-corrected chi connectivity index (χ1v) is 7.63. The van der Waals surface area contributed by atoms with E-state index in [1.165, 1.54) is 25.7 Å². The monoisotopic (exact) mass is 256 g/mol. The molecule has 1 heterocycles. The second-order valence-electron chi connectivity index (χ2n) is 6.24. The molecule has 0 aromatic heterocycles. The highest BCUT2D eigenvalue weighted by molar-refractivity contribution is 4.79. The maximum Gasteiger partial charge on any atom is 0.0753 e. The molecule has 1 unspecified atom stereocenters. The van der Waals surface area contributed by atoms with Crippen molar-refractivity contribution in [2.75, 3.05) is 32.8 Å². The fourth-order valence-electron chi connectivity index (χ4n) is 2.58. The van der Waals surface area contributed by atoms with E-state index in [9.17, 15) is 0 Å². The lowest BCUT2D eigenvalue weighted by molar-refractivity contribution is -0.0855. The van der Waals surface area contributed by atoms with Crippen molar-refractivity contribution in [1.82, 2.24) is 10.2 Å². The summed E-state index contributed by atoms with van der Waals surface area (Å²) in [6.07, 6.45) is 5.34. The number of unbranched alkanes of at least 4 members (excludes halogenated alkanes) is 2. The van der Waals surface area contributed by atoms with Crippen LogP contribution in [-0.4, -0.2) is 49.3 Å². The summed E-state index contributed by atoms with van der Waals surface area (Å²) >= 11 is 0. The first-order chi connectivity index (χ1) is 8.53. The standard InChI is InChI=1S/C15H32N2O/c1-5-6-7-8-14(2)16-9-10-17-11-12-18-15(3,4)13-17/h14,16H,5-13H2,1-4H3. The third-order valence-corrected chi connectivity index (χ3v) is 3.67. The van der Waals surface area contributed by atoms with E-state index >= 15 is 0 Å². The minimum Gasteiger partial charge on any atom is -0.373 e. The van der Waals surface area contributed by atoms with Crippen molar-refractivity contribution in [3.05, 3.63) is 0 Å². The number of ether oxygens (including phenoxy) is 1. The van der Waals surface area contributed by atoms with Gasteiger partial charge in [0.1, 0.15) is 0 Å². The van der Waals surface area contributed by atoms with Crippen LogP contribution in [0.1, 0.15) is 53.4 Å². The van der Waals surface area contributed by atoms with E-state index in [0.717, 1.165) is 32.8 Å². The van der Waals surface area contributed by atoms with Gasteiger partial charge in [0.05, 0.1) is 12.2 Å². The Morgan fingerprint density at radius 1 is 1.33 bits per heavy atom. The maximum absolute atomic E-state index is 5.73. The average Bonchev–Trinajstić information content (AvgIpc) is 2.28.